The standard InChI is InChI=1S/C16H15N3O3S/c20-15(18-9-12-3-1-2-6-17-12)11-5-4-10-7-14(16(21)19-22)23-13(10)8-11/h1-6,8,14,22H,7,9H2,(H,18,20)(H,19,21). The second-order valence-corrected chi connectivity index (χ2v) is 6.36. The summed E-state index contributed by atoms with van der Waals surface area (Å²) in [6.45, 7) is 0.361. The maximum Gasteiger partial charge on any atom is 0.257 e. The number of aromatic nitrogens is 1. The Morgan fingerprint density at radius 2 is 2.17 bits per heavy atom. The molecule has 2 amide bonds. The molecule has 0 saturated carbocycles. The zero-order valence-electron chi connectivity index (χ0n) is 12.2. The first-order valence-electron chi connectivity index (χ1n) is 7.09. The van der Waals surface area contributed by atoms with Gasteiger partial charge >= 0.3 is 0 Å². The zero-order valence-corrected chi connectivity index (χ0v) is 13.0. The van der Waals surface area contributed by atoms with Crippen molar-refractivity contribution in [3.63, 3.8) is 0 Å². The van der Waals surface area contributed by atoms with Crippen LogP contribution in [0.3, 0.4) is 0 Å². The molecule has 3 N–H and O–H groups in total. The fourth-order valence-corrected chi connectivity index (χ4v) is 3.59. The molecule has 0 radical (unpaired) electrons. The summed E-state index contributed by atoms with van der Waals surface area (Å²) in [5.41, 5.74) is 4.00. The van der Waals surface area contributed by atoms with Gasteiger partial charge in [0.15, 0.2) is 0 Å². The third-order valence-electron chi connectivity index (χ3n) is 3.56. The molecule has 2 heterocycles. The highest BCUT2D eigenvalue weighted by Crippen LogP contribution is 2.37. The molecule has 0 saturated heterocycles. The molecule has 1 atom stereocenters. The van der Waals surface area contributed by atoms with Crippen LogP contribution in [-0.2, 0) is 17.8 Å². The van der Waals surface area contributed by atoms with Crippen LogP contribution >= 0.6 is 11.8 Å². The summed E-state index contributed by atoms with van der Waals surface area (Å²) in [4.78, 5) is 28.8. The van der Waals surface area contributed by atoms with Gasteiger partial charge in [-0.2, -0.15) is 0 Å². The molecule has 0 fully saturated rings. The molecule has 7 heteroatoms. The average Bonchev–Trinajstić information content (AvgIpc) is 3.03. The van der Waals surface area contributed by atoms with E-state index in [0.29, 0.717) is 18.5 Å². The lowest BCUT2D eigenvalue weighted by Gasteiger charge is -2.06. The molecule has 0 aliphatic carbocycles. The van der Waals surface area contributed by atoms with Gasteiger partial charge in [0.1, 0.15) is 0 Å². The summed E-state index contributed by atoms with van der Waals surface area (Å²) < 4.78 is 0. The first-order valence-corrected chi connectivity index (χ1v) is 7.97. The number of hydrogen-bond acceptors (Lipinski definition) is 5. The third kappa shape index (κ3) is 3.52. The molecule has 0 bridgehead atoms. The molecule has 1 unspecified atom stereocenters. The largest absolute Gasteiger partial charge is 0.346 e. The van der Waals surface area contributed by atoms with Crippen molar-refractivity contribution >= 4 is 23.6 Å². The van der Waals surface area contributed by atoms with Gasteiger partial charge < -0.3 is 5.32 Å². The Bertz CT molecular complexity index is 737. The number of hydroxylamine groups is 1. The van der Waals surface area contributed by atoms with Crippen molar-refractivity contribution in [3.8, 4) is 0 Å². The lowest BCUT2D eigenvalue weighted by Crippen LogP contribution is -2.29. The summed E-state index contributed by atoms with van der Waals surface area (Å²) in [7, 11) is 0. The van der Waals surface area contributed by atoms with Crippen molar-refractivity contribution in [3.05, 3.63) is 59.4 Å². The summed E-state index contributed by atoms with van der Waals surface area (Å²) in [6, 6.07) is 10.9. The van der Waals surface area contributed by atoms with Gasteiger partial charge in [-0.1, -0.05) is 12.1 Å². The highest BCUT2D eigenvalue weighted by molar-refractivity contribution is 8.01. The van der Waals surface area contributed by atoms with E-state index in [-0.39, 0.29) is 11.2 Å². The molecule has 2 aromatic rings. The Morgan fingerprint density at radius 3 is 2.91 bits per heavy atom. The number of hydrogen-bond donors (Lipinski definition) is 3. The summed E-state index contributed by atoms with van der Waals surface area (Å²) in [6.07, 6.45) is 2.22. The van der Waals surface area contributed by atoms with Gasteiger partial charge in [-0.05, 0) is 36.2 Å². The van der Waals surface area contributed by atoms with Gasteiger partial charge in [0.2, 0.25) is 0 Å². The number of rotatable bonds is 4. The third-order valence-corrected chi connectivity index (χ3v) is 4.86. The van der Waals surface area contributed by atoms with Crippen LogP contribution < -0.4 is 10.8 Å². The van der Waals surface area contributed by atoms with Gasteiger partial charge in [-0.15, -0.1) is 11.8 Å². The molecule has 118 valence electrons. The topological polar surface area (TPSA) is 91.3 Å². The Kier molecular flexibility index (Phi) is 4.59. The SMILES string of the molecule is O=C(NCc1ccccn1)c1ccc2c(c1)SC(C(=O)NO)C2. The van der Waals surface area contributed by atoms with Gasteiger partial charge in [-0.3, -0.25) is 19.8 Å². The highest BCUT2D eigenvalue weighted by atomic mass is 32.2. The first kappa shape index (κ1) is 15.5. The molecule has 1 aromatic heterocycles. The maximum absolute atomic E-state index is 12.2. The molecule has 3 rings (SSSR count). The number of thioether (sulfide) groups is 1. The molecule has 23 heavy (non-hydrogen) atoms. The van der Waals surface area contributed by atoms with Crippen LogP contribution in [-0.4, -0.2) is 27.3 Å². The minimum Gasteiger partial charge on any atom is -0.346 e. The maximum atomic E-state index is 12.2. The molecule has 1 aliphatic rings. The average molecular weight is 329 g/mol. The minimum absolute atomic E-state index is 0.186. The lowest BCUT2D eigenvalue weighted by molar-refractivity contribution is -0.128. The van der Waals surface area contributed by atoms with E-state index < -0.39 is 5.91 Å². The van der Waals surface area contributed by atoms with Crippen molar-refractivity contribution in [2.45, 2.75) is 23.1 Å². The molecule has 1 aromatic carbocycles. The van der Waals surface area contributed by atoms with Crippen LogP contribution in [0.5, 0.6) is 0 Å². The van der Waals surface area contributed by atoms with Crippen molar-refractivity contribution in [1.82, 2.24) is 15.8 Å². The monoisotopic (exact) mass is 329 g/mol. The van der Waals surface area contributed by atoms with E-state index in [0.717, 1.165) is 16.2 Å². The van der Waals surface area contributed by atoms with E-state index >= 15 is 0 Å². The van der Waals surface area contributed by atoms with Gasteiger partial charge in [0.05, 0.1) is 17.5 Å². The van der Waals surface area contributed by atoms with Crippen LogP contribution in [0.1, 0.15) is 21.6 Å². The summed E-state index contributed by atoms with van der Waals surface area (Å²) in [5, 5.41) is 11.2. The van der Waals surface area contributed by atoms with Crippen molar-refractivity contribution in [2.24, 2.45) is 0 Å². The fourth-order valence-electron chi connectivity index (χ4n) is 2.36. The van der Waals surface area contributed by atoms with E-state index in [1.165, 1.54) is 11.8 Å². The van der Waals surface area contributed by atoms with Crippen LogP contribution in [0.2, 0.25) is 0 Å². The summed E-state index contributed by atoms with van der Waals surface area (Å²) >= 11 is 1.35. The van der Waals surface area contributed by atoms with Crippen molar-refractivity contribution in [2.75, 3.05) is 0 Å². The van der Waals surface area contributed by atoms with Crippen LogP contribution in [0.4, 0.5) is 0 Å². The molecule has 6 nitrogen and oxygen atoms in total. The second-order valence-electron chi connectivity index (χ2n) is 5.11. The highest BCUT2D eigenvalue weighted by Gasteiger charge is 2.28. The van der Waals surface area contributed by atoms with E-state index in [9.17, 15) is 9.59 Å². The molecular formula is C16H15N3O3S. The first-order chi connectivity index (χ1) is 11.2. The van der Waals surface area contributed by atoms with Crippen LogP contribution in [0.25, 0.3) is 0 Å². The number of carbonyl (C=O) groups is 2. The van der Waals surface area contributed by atoms with Gasteiger partial charge in [0.25, 0.3) is 11.8 Å². The van der Waals surface area contributed by atoms with Gasteiger partial charge in [-0.25, -0.2) is 5.48 Å². The van der Waals surface area contributed by atoms with E-state index in [2.05, 4.69) is 10.3 Å². The predicted octanol–water partition coefficient (Wildman–Crippen LogP) is 1.53. The predicted molar refractivity (Wildman–Crippen MR) is 85.1 cm³/mol. The smallest absolute Gasteiger partial charge is 0.257 e. The Hall–Kier alpha value is -2.38. The second kappa shape index (κ2) is 6.80. The molecular weight excluding hydrogens is 314 g/mol. The molecule has 0 spiro atoms. The number of pyridine rings is 1. The Morgan fingerprint density at radius 1 is 1.30 bits per heavy atom. The van der Waals surface area contributed by atoms with E-state index in [1.54, 1.807) is 23.8 Å². The fraction of sp³-hybridized carbons (Fsp3) is 0.188. The normalized spacial score (nSPS) is 15.8. The lowest BCUT2D eigenvalue weighted by atomic mass is 10.1. The van der Waals surface area contributed by atoms with E-state index in [4.69, 9.17) is 5.21 Å². The van der Waals surface area contributed by atoms with Gasteiger partial charge in [0, 0.05) is 16.7 Å². The number of nitrogens with zero attached hydrogens (tertiary/aromatic N) is 1. The number of carbonyl (C=O) groups excluding carboxylic acids is 2. The number of fused-ring (bicyclic) bond motifs is 1. The Labute approximate surface area is 137 Å². The Balaban J connectivity index is 1.66. The van der Waals surface area contributed by atoms with Crippen LogP contribution in [0, 0.1) is 0 Å². The minimum atomic E-state index is -0.424. The number of amides is 2. The summed E-state index contributed by atoms with van der Waals surface area (Å²) in [5.74, 6) is -0.610. The number of nitrogens with one attached hydrogen (secondary N) is 2. The zero-order chi connectivity index (χ0) is 16.2. The van der Waals surface area contributed by atoms with Crippen LogP contribution in [0.15, 0.2) is 47.5 Å². The molecule has 1 aliphatic heterocycles. The number of benzene rings is 1. The van der Waals surface area contributed by atoms with Crippen molar-refractivity contribution in [1.29, 1.82) is 0 Å². The van der Waals surface area contributed by atoms with E-state index in [1.807, 2.05) is 24.3 Å². The quantitative estimate of drug-likeness (QED) is 0.584. The van der Waals surface area contributed by atoms with Crippen molar-refractivity contribution < 1.29 is 14.8 Å².